The lowest BCUT2D eigenvalue weighted by Crippen LogP contribution is -2.25. The highest BCUT2D eigenvalue weighted by atomic mass is 32.1. The summed E-state index contributed by atoms with van der Waals surface area (Å²) in [7, 11) is 0. The topological polar surface area (TPSA) is 101 Å². The number of hydrogen-bond acceptors (Lipinski definition) is 7. The molecule has 0 unspecified atom stereocenters. The van der Waals surface area contributed by atoms with E-state index in [9.17, 15) is 4.79 Å². The number of aromatic nitrogens is 1. The molecule has 1 aromatic heterocycles. The Morgan fingerprint density at radius 1 is 1.17 bits per heavy atom. The number of amides is 1. The van der Waals surface area contributed by atoms with E-state index >= 15 is 0 Å². The fourth-order valence-corrected chi connectivity index (χ4v) is 4.45. The van der Waals surface area contributed by atoms with E-state index in [0.717, 1.165) is 28.3 Å². The van der Waals surface area contributed by atoms with Crippen molar-refractivity contribution in [3.05, 3.63) is 88.0 Å². The molecule has 1 N–H and O–H groups in total. The van der Waals surface area contributed by atoms with Crippen molar-refractivity contribution in [3.63, 3.8) is 0 Å². The van der Waals surface area contributed by atoms with Gasteiger partial charge in [-0.3, -0.25) is 4.79 Å². The summed E-state index contributed by atoms with van der Waals surface area (Å²) in [6, 6.07) is 22.5. The van der Waals surface area contributed by atoms with Crippen molar-refractivity contribution in [2.75, 3.05) is 18.5 Å². The van der Waals surface area contributed by atoms with Gasteiger partial charge < -0.3 is 14.8 Å². The first-order valence-electron chi connectivity index (χ1n) is 11.2. The van der Waals surface area contributed by atoms with Gasteiger partial charge in [0, 0.05) is 10.9 Å². The second kappa shape index (κ2) is 10.3. The van der Waals surface area contributed by atoms with Crippen LogP contribution in [-0.4, -0.2) is 30.0 Å². The lowest BCUT2D eigenvalue weighted by Gasteiger charge is -2.18. The van der Waals surface area contributed by atoms with Gasteiger partial charge in [-0.05, 0) is 67.1 Å². The van der Waals surface area contributed by atoms with Gasteiger partial charge >= 0.3 is 0 Å². The summed E-state index contributed by atoms with van der Waals surface area (Å²) in [5.74, 6) is 1.22. The van der Waals surface area contributed by atoms with Gasteiger partial charge in [0.2, 0.25) is 4.80 Å². The molecule has 0 fully saturated rings. The van der Waals surface area contributed by atoms with E-state index in [4.69, 9.17) is 24.8 Å². The minimum Gasteiger partial charge on any atom is -0.494 e. The molecule has 0 atom stereocenters. The summed E-state index contributed by atoms with van der Waals surface area (Å²) in [6.45, 7) is 2.55. The van der Waals surface area contributed by atoms with Crippen LogP contribution in [-0.2, 0) is 4.79 Å². The van der Waals surface area contributed by atoms with E-state index < -0.39 is 0 Å². The maximum absolute atomic E-state index is 11.8. The molecule has 0 saturated carbocycles. The number of nitrogens with one attached hydrogen (secondary N) is 1. The number of ether oxygens (including phenoxy) is 2. The second-order valence-corrected chi connectivity index (χ2v) is 8.62. The fraction of sp³-hybridized carbons (Fsp3) is 0.111. The minimum absolute atomic E-state index is 0.00476. The first kappa shape index (κ1) is 23.1. The van der Waals surface area contributed by atoms with Crippen molar-refractivity contribution in [3.8, 4) is 28.8 Å². The number of hydrogen-bond donors (Lipinski definition) is 1. The SMILES string of the molecule is CCOc1ccc(N=c2scc(-c3ccc4c(c3)NC(=O)CO4)n2/N=C\c2ccc(C#N)cc2)cc1. The largest absolute Gasteiger partial charge is 0.494 e. The van der Waals surface area contributed by atoms with Crippen LogP contribution in [0.5, 0.6) is 11.5 Å². The molecule has 1 aliphatic heterocycles. The molecule has 0 aliphatic carbocycles. The minimum atomic E-state index is -0.192. The van der Waals surface area contributed by atoms with E-state index in [2.05, 4.69) is 11.4 Å². The molecule has 0 spiro atoms. The number of carbonyl (C=O) groups is 1. The molecule has 3 aromatic carbocycles. The summed E-state index contributed by atoms with van der Waals surface area (Å²) in [5.41, 5.74) is 4.46. The summed E-state index contributed by atoms with van der Waals surface area (Å²) in [6.07, 6.45) is 1.72. The smallest absolute Gasteiger partial charge is 0.262 e. The number of nitrogens with zero attached hydrogens (tertiary/aromatic N) is 4. The Bertz CT molecular complexity index is 1540. The number of fused-ring (bicyclic) bond motifs is 1. The predicted octanol–water partition coefficient (Wildman–Crippen LogP) is 4.93. The van der Waals surface area contributed by atoms with E-state index in [1.165, 1.54) is 11.3 Å². The standard InChI is InChI=1S/C27H21N5O3S/c1-2-34-22-10-8-21(9-11-22)30-27-32(29-15-19-5-3-18(14-28)4-6-19)24(17-36-27)20-7-12-25-23(13-20)31-26(33)16-35-25/h3-13,15,17H,2,16H2,1H3,(H,31,33)/b29-15-,30-27?. The van der Waals surface area contributed by atoms with Gasteiger partial charge in [0.15, 0.2) is 6.61 Å². The van der Waals surface area contributed by atoms with Gasteiger partial charge in [-0.15, -0.1) is 11.3 Å². The molecular weight excluding hydrogens is 474 g/mol. The highest BCUT2D eigenvalue weighted by molar-refractivity contribution is 7.07. The molecule has 178 valence electrons. The first-order chi connectivity index (χ1) is 17.6. The van der Waals surface area contributed by atoms with Crippen molar-refractivity contribution in [1.82, 2.24) is 4.68 Å². The molecule has 0 radical (unpaired) electrons. The Hall–Kier alpha value is -4.68. The molecular formula is C27H21N5O3S. The molecule has 0 bridgehead atoms. The number of carbonyl (C=O) groups excluding carboxylic acids is 1. The van der Waals surface area contributed by atoms with Crippen molar-refractivity contribution < 1.29 is 14.3 Å². The number of rotatable bonds is 6. The molecule has 8 nitrogen and oxygen atoms in total. The Labute approximate surface area is 211 Å². The van der Waals surface area contributed by atoms with Gasteiger partial charge in [-0.25, -0.2) is 9.67 Å². The number of anilines is 1. The zero-order valence-corrected chi connectivity index (χ0v) is 20.2. The van der Waals surface area contributed by atoms with E-state index in [-0.39, 0.29) is 12.5 Å². The molecule has 36 heavy (non-hydrogen) atoms. The van der Waals surface area contributed by atoms with Crippen LogP contribution >= 0.6 is 11.3 Å². The fourth-order valence-electron chi connectivity index (χ4n) is 3.59. The first-order valence-corrected chi connectivity index (χ1v) is 12.1. The van der Waals surface area contributed by atoms with Crippen LogP contribution in [0.1, 0.15) is 18.1 Å². The van der Waals surface area contributed by atoms with Gasteiger partial charge in [-0.2, -0.15) is 10.4 Å². The summed E-state index contributed by atoms with van der Waals surface area (Å²) >= 11 is 1.45. The third-order valence-electron chi connectivity index (χ3n) is 5.33. The van der Waals surface area contributed by atoms with E-state index in [1.54, 1.807) is 23.0 Å². The Balaban J connectivity index is 1.57. The monoisotopic (exact) mass is 495 g/mol. The summed E-state index contributed by atoms with van der Waals surface area (Å²) in [5, 5.41) is 18.6. The molecule has 0 saturated heterocycles. The molecule has 9 heteroatoms. The quantitative estimate of drug-likeness (QED) is 0.383. The number of nitriles is 1. The molecule has 5 rings (SSSR count). The lowest BCUT2D eigenvalue weighted by atomic mass is 10.1. The van der Waals surface area contributed by atoms with Crippen LogP contribution in [0.3, 0.4) is 0 Å². The summed E-state index contributed by atoms with van der Waals surface area (Å²) in [4.78, 5) is 17.3. The Kier molecular flexibility index (Phi) is 6.60. The number of thiazole rings is 1. The lowest BCUT2D eigenvalue weighted by molar-refractivity contribution is -0.118. The molecule has 2 heterocycles. The third kappa shape index (κ3) is 5.04. The average molecular weight is 496 g/mol. The van der Waals surface area contributed by atoms with E-state index in [0.29, 0.717) is 28.4 Å². The summed E-state index contributed by atoms with van der Waals surface area (Å²) < 4.78 is 12.8. The molecule has 1 amide bonds. The molecule has 4 aromatic rings. The van der Waals surface area contributed by atoms with Crippen LogP contribution in [0, 0.1) is 11.3 Å². The maximum atomic E-state index is 11.8. The highest BCUT2D eigenvalue weighted by Crippen LogP contribution is 2.33. The van der Waals surface area contributed by atoms with E-state index in [1.807, 2.05) is 66.9 Å². The number of benzene rings is 3. The highest BCUT2D eigenvalue weighted by Gasteiger charge is 2.18. The van der Waals surface area contributed by atoms with Crippen molar-refractivity contribution >= 4 is 34.8 Å². The van der Waals surface area contributed by atoms with Crippen LogP contribution in [0.25, 0.3) is 11.3 Å². The zero-order valence-electron chi connectivity index (χ0n) is 19.3. The van der Waals surface area contributed by atoms with Gasteiger partial charge in [0.1, 0.15) is 11.5 Å². The van der Waals surface area contributed by atoms with Crippen molar-refractivity contribution in [2.24, 2.45) is 10.1 Å². The molecule has 1 aliphatic rings. The van der Waals surface area contributed by atoms with Gasteiger partial charge in [-0.1, -0.05) is 12.1 Å². The van der Waals surface area contributed by atoms with Crippen molar-refractivity contribution in [2.45, 2.75) is 6.92 Å². The Morgan fingerprint density at radius 2 is 1.97 bits per heavy atom. The maximum Gasteiger partial charge on any atom is 0.262 e. The van der Waals surface area contributed by atoms with Crippen molar-refractivity contribution in [1.29, 1.82) is 5.26 Å². The average Bonchev–Trinajstić information content (AvgIpc) is 3.30. The normalized spacial score (nSPS) is 13.1. The van der Waals surface area contributed by atoms with Gasteiger partial charge in [0.25, 0.3) is 5.91 Å². The van der Waals surface area contributed by atoms with Crippen LogP contribution < -0.4 is 19.6 Å². The van der Waals surface area contributed by atoms with Crippen LogP contribution in [0.2, 0.25) is 0 Å². The van der Waals surface area contributed by atoms with Crippen LogP contribution in [0.15, 0.2) is 82.2 Å². The third-order valence-corrected chi connectivity index (χ3v) is 6.14. The zero-order chi connectivity index (χ0) is 24.9. The van der Waals surface area contributed by atoms with Crippen LogP contribution in [0.4, 0.5) is 11.4 Å². The Morgan fingerprint density at radius 3 is 2.72 bits per heavy atom. The predicted molar refractivity (Wildman–Crippen MR) is 139 cm³/mol. The second-order valence-electron chi connectivity index (χ2n) is 7.78. The van der Waals surface area contributed by atoms with Gasteiger partial charge in [0.05, 0.1) is 41.5 Å².